The fraction of sp³-hybridized carbons (Fsp3) is 0.450. The molecule has 1 aromatic heterocycles. The van der Waals surface area contributed by atoms with Gasteiger partial charge in [-0.1, -0.05) is 24.6 Å². The van der Waals surface area contributed by atoms with Crippen LogP contribution in [0.4, 0.5) is 5.82 Å². The van der Waals surface area contributed by atoms with Crippen molar-refractivity contribution >= 4 is 27.6 Å². The number of benzene rings is 1. The Labute approximate surface area is 171 Å². The molecular weight excluding hydrogens is 398 g/mol. The first-order chi connectivity index (χ1) is 13.4. The molecule has 4 rings (SSSR count). The fourth-order valence-electron chi connectivity index (χ4n) is 3.91. The summed E-state index contributed by atoms with van der Waals surface area (Å²) >= 11 is 6.07. The Morgan fingerprint density at radius 1 is 1.21 bits per heavy atom. The molecule has 1 spiro atoms. The Balaban J connectivity index is 1.42. The van der Waals surface area contributed by atoms with Gasteiger partial charge < -0.3 is 4.74 Å². The fourth-order valence-corrected chi connectivity index (χ4v) is 5.27. The maximum absolute atomic E-state index is 12.8. The number of halogens is 1. The summed E-state index contributed by atoms with van der Waals surface area (Å²) in [6.45, 7) is 2.83. The largest absolute Gasteiger partial charge is 0.487 e. The molecule has 0 radical (unpaired) electrons. The van der Waals surface area contributed by atoms with Gasteiger partial charge in [0.25, 0.3) is 0 Å². The Bertz CT molecular complexity index is 972. The Morgan fingerprint density at radius 3 is 2.75 bits per heavy atom. The predicted octanol–water partition coefficient (Wildman–Crippen LogP) is 3.81. The first-order valence-electron chi connectivity index (χ1n) is 9.60. The number of fused-ring (bicyclic) bond motifs is 1. The summed E-state index contributed by atoms with van der Waals surface area (Å²) in [6, 6.07) is 11.1. The van der Waals surface area contributed by atoms with Crippen molar-refractivity contribution in [1.82, 2.24) is 9.29 Å². The molecule has 2 aliphatic rings. The number of nitrogens with one attached hydrogen (secondary N) is 1. The number of piperidine rings is 1. The second kappa shape index (κ2) is 7.54. The number of hydrogen-bond acceptors (Lipinski definition) is 4. The molecule has 0 aliphatic carbocycles. The van der Waals surface area contributed by atoms with Crippen LogP contribution in [0.15, 0.2) is 36.4 Å². The molecule has 1 N–H and O–H groups in total. The van der Waals surface area contributed by atoms with Gasteiger partial charge in [0.1, 0.15) is 17.2 Å². The molecule has 1 fully saturated rings. The zero-order valence-electron chi connectivity index (χ0n) is 15.8. The second-order valence-corrected chi connectivity index (χ2v) is 9.52. The lowest BCUT2D eigenvalue weighted by molar-refractivity contribution is 0.00192. The van der Waals surface area contributed by atoms with Crippen LogP contribution in [0.2, 0.25) is 5.02 Å². The van der Waals surface area contributed by atoms with Crippen LogP contribution in [0.5, 0.6) is 5.75 Å². The van der Waals surface area contributed by atoms with Crippen LogP contribution in [-0.4, -0.2) is 36.4 Å². The van der Waals surface area contributed by atoms with Crippen molar-refractivity contribution in [3.05, 3.63) is 52.7 Å². The summed E-state index contributed by atoms with van der Waals surface area (Å²) in [5, 5.41) is 0.714. The molecule has 1 saturated heterocycles. The van der Waals surface area contributed by atoms with Crippen LogP contribution >= 0.6 is 11.6 Å². The third kappa shape index (κ3) is 3.97. The van der Waals surface area contributed by atoms with E-state index < -0.39 is 10.2 Å². The van der Waals surface area contributed by atoms with Crippen molar-refractivity contribution in [2.45, 2.75) is 44.6 Å². The number of pyridine rings is 1. The molecule has 6 nitrogen and oxygen atoms in total. The highest BCUT2D eigenvalue weighted by Crippen LogP contribution is 2.40. The maximum atomic E-state index is 12.8. The lowest BCUT2D eigenvalue weighted by atomic mass is 9.84. The van der Waals surface area contributed by atoms with E-state index >= 15 is 0 Å². The quantitative estimate of drug-likeness (QED) is 0.814. The van der Waals surface area contributed by atoms with E-state index in [2.05, 4.69) is 9.71 Å². The van der Waals surface area contributed by atoms with Gasteiger partial charge in [0.2, 0.25) is 0 Å². The highest BCUT2D eigenvalue weighted by Gasteiger charge is 2.42. The number of rotatable bonds is 4. The smallest absolute Gasteiger partial charge is 0.302 e. The highest BCUT2D eigenvalue weighted by atomic mass is 35.5. The van der Waals surface area contributed by atoms with Crippen molar-refractivity contribution < 1.29 is 13.2 Å². The maximum Gasteiger partial charge on any atom is 0.302 e. The lowest BCUT2D eigenvalue weighted by Crippen LogP contribution is -2.52. The SMILES string of the molecule is CCc1cccc(NS(=O)(=O)N2CCC3(CCc4cc(Cl)ccc4O3)CC2)n1. The summed E-state index contributed by atoms with van der Waals surface area (Å²) in [7, 11) is -3.64. The third-order valence-electron chi connectivity index (χ3n) is 5.58. The van der Waals surface area contributed by atoms with Crippen LogP contribution in [0.3, 0.4) is 0 Å². The van der Waals surface area contributed by atoms with Crippen molar-refractivity contribution in [2.24, 2.45) is 0 Å². The van der Waals surface area contributed by atoms with Crippen molar-refractivity contribution in [3.63, 3.8) is 0 Å². The van der Waals surface area contributed by atoms with Gasteiger partial charge in [-0.05, 0) is 55.2 Å². The zero-order valence-corrected chi connectivity index (χ0v) is 17.4. The van der Waals surface area contributed by atoms with Crippen LogP contribution in [0, 0.1) is 0 Å². The Kier molecular flexibility index (Phi) is 5.24. The molecule has 2 aromatic rings. The molecule has 2 aliphatic heterocycles. The number of nitrogens with zero attached hydrogens (tertiary/aromatic N) is 2. The topological polar surface area (TPSA) is 71.5 Å². The van der Waals surface area contributed by atoms with E-state index in [4.69, 9.17) is 16.3 Å². The van der Waals surface area contributed by atoms with Crippen LogP contribution in [0.25, 0.3) is 0 Å². The molecule has 0 bridgehead atoms. The van der Waals surface area contributed by atoms with E-state index in [0.717, 1.165) is 36.3 Å². The van der Waals surface area contributed by atoms with Crippen molar-refractivity contribution in [2.75, 3.05) is 17.8 Å². The molecule has 0 unspecified atom stereocenters. The van der Waals surface area contributed by atoms with Crippen molar-refractivity contribution in [3.8, 4) is 5.75 Å². The number of anilines is 1. The zero-order chi connectivity index (χ0) is 19.8. The van der Waals surface area contributed by atoms with Crippen LogP contribution in [-0.2, 0) is 23.1 Å². The first-order valence-corrected chi connectivity index (χ1v) is 11.4. The average Bonchev–Trinajstić information content (AvgIpc) is 2.68. The number of aromatic nitrogens is 1. The summed E-state index contributed by atoms with van der Waals surface area (Å²) < 4.78 is 36.0. The Hall–Kier alpha value is -1.83. The Morgan fingerprint density at radius 2 is 2.00 bits per heavy atom. The molecular formula is C20H24ClN3O3S. The van der Waals surface area contributed by atoms with E-state index in [9.17, 15) is 8.42 Å². The minimum absolute atomic E-state index is 0.298. The summed E-state index contributed by atoms with van der Waals surface area (Å²) in [4.78, 5) is 4.33. The van der Waals surface area contributed by atoms with Crippen LogP contribution < -0.4 is 9.46 Å². The molecule has 3 heterocycles. The molecule has 0 saturated carbocycles. The summed E-state index contributed by atoms with van der Waals surface area (Å²) in [6.07, 6.45) is 3.86. The van der Waals surface area contributed by atoms with Gasteiger partial charge in [-0.25, -0.2) is 4.98 Å². The molecule has 0 amide bonds. The first kappa shape index (κ1) is 19.5. The summed E-state index contributed by atoms with van der Waals surface area (Å²) in [5.74, 6) is 1.23. The van der Waals surface area contributed by atoms with Gasteiger partial charge in [0, 0.05) is 36.6 Å². The minimum atomic E-state index is -3.64. The van der Waals surface area contributed by atoms with E-state index in [0.29, 0.717) is 36.8 Å². The van der Waals surface area contributed by atoms with E-state index in [-0.39, 0.29) is 5.60 Å². The predicted molar refractivity (Wildman–Crippen MR) is 110 cm³/mol. The van der Waals surface area contributed by atoms with Gasteiger partial charge in [-0.15, -0.1) is 0 Å². The lowest BCUT2D eigenvalue weighted by Gasteiger charge is -2.44. The van der Waals surface area contributed by atoms with Gasteiger partial charge in [0.15, 0.2) is 0 Å². The second-order valence-electron chi connectivity index (χ2n) is 7.41. The van der Waals surface area contributed by atoms with E-state index in [1.807, 2.05) is 37.3 Å². The number of aryl methyl sites for hydroxylation is 2. The van der Waals surface area contributed by atoms with E-state index in [1.165, 1.54) is 4.31 Å². The monoisotopic (exact) mass is 421 g/mol. The summed E-state index contributed by atoms with van der Waals surface area (Å²) in [5.41, 5.74) is 1.68. The third-order valence-corrected chi connectivity index (χ3v) is 7.32. The minimum Gasteiger partial charge on any atom is -0.487 e. The van der Waals surface area contributed by atoms with Gasteiger partial charge >= 0.3 is 10.2 Å². The van der Waals surface area contributed by atoms with Crippen molar-refractivity contribution in [1.29, 1.82) is 0 Å². The standard InChI is InChI=1S/C20H24ClN3O3S/c1-2-17-4-3-5-19(22-17)23-28(25,26)24-12-10-20(11-13-24)9-8-15-14-16(21)6-7-18(15)27-20/h3-7,14H,2,8-13H2,1H3,(H,22,23). The molecule has 1 aromatic carbocycles. The molecule has 150 valence electrons. The van der Waals surface area contributed by atoms with Gasteiger partial charge in [-0.3, -0.25) is 4.72 Å². The number of hydrogen-bond donors (Lipinski definition) is 1. The van der Waals surface area contributed by atoms with E-state index in [1.54, 1.807) is 6.07 Å². The molecule has 28 heavy (non-hydrogen) atoms. The van der Waals surface area contributed by atoms with Crippen LogP contribution in [0.1, 0.15) is 37.4 Å². The van der Waals surface area contributed by atoms with Gasteiger partial charge in [0.05, 0.1) is 0 Å². The molecule has 8 heteroatoms. The number of ether oxygens (including phenoxy) is 1. The van der Waals surface area contributed by atoms with Gasteiger partial charge in [-0.2, -0.15) is 12.7 Å². The highest BCUT2D eigenvalue weighted by molar-refractivity contribution is 7.90. The molecule has 0 atom stereocenters. The average molecular weight is 422 g/mol. The normalized spacial score (nSPS) is 19.1.